The zero-order valence-electron chi connectivity index (χ0n) is 18.4. The normalized spacial score (nSPS) is 17.5. The number of rotatable bonds is 5. The van der Waals surface area contributed by atoms with Crippen LogP contribution in [0.4, 0.5) is 13.2 Å². The van der Waals surface area contributed by atoms with Crippen LogP contribution in [-0.4, -0.2) is 42.3 Å². The number of aromatic amines is 2. The minimum absolute atomic E-state index is 0.0184. The molecule has 0 bridgehead atoms. The lowest BCUT2D eigenvalue weighted by molar-refractivity contribution is -0.153. The van der Waals surface area contributed by atoms with Crippen LogP contribution >= 0.6 is 0 Å². The van der Waals surface area contributed by atoms with Crippen molar-refractivity contribution in [1.82, 2.24) is 29.5 Å². The minimum Gasteiger partial charge on any atom is -0.483 e. The molecule has 0 aliphatic heterocycles. The zero-order valence-corrected chi connectivity index (χ0v) is 18.4. The van der Waals surface area contributed by atoms with E-state index < -0.39 is 24.0 Å². The molecule has 0 amide bonds. The van der Waals surface area contributed by atoms with Gasteiger partial charge in [-0.3, -0.25) is 14.8 Å². The predicted octanol–water partition coefficient (Wildman–Crippen LogP) is 3.53. The van der Waals surface area contributed by atoms with Gasteiger partial charge < -0.3 is 9.72 Å². The highest BCUT2D eigenvalue weighted by Crippen LogP contribution is 2.56. The Hall–Kier alpha value is -4.48. The molecule has 4 heterocycles. The quantitative estimate of drug-likeness (QED) is 0.386. The summed E-state index contributed by atoms with van der Waals surface area (Å²) >= 11 is 0. The molecule has 2 N–H and O–H groups in total. The van der Waals surface area contributed by atoms with Crippen molar-refractivity contribution in [2.45, 2.75) is 24.4 Å². The molecule has 0 unspecified atom stereocenters. The highest BCUT2D eigenvalue weighted by Gasteiger charge is 2.42. The maximum absolute atomic E-state index is 12.8. The third-order valence-corrected chi connectivity index (χ3v) is 6.20. The number of fused-ring (bicyclic) bond motifs is 2. The molecule has 182 valence electrons. The molecule has 4 aromatic heterocycles. The van der Waals surface area contributed by atoms with E-state index in [0.717, 1.165) is 11.1 Å². The lowest BCUT2D eigenvalue weighted by Gasteiger charge is -2.13. The largest absolute Gasteiger partial charge is 0.483 e. The number of benzene rings is 1. The summed E-state index contributed by atoms with van der Waals surface area (Å²) in [4.78, 5) is 37.1. The summed E-state index contributed by atoms with van der Waals surface area (Å²) in [6.07, 6.45) is 2.38. The van der Waals surface area contributed by atoms with Crippen LogP contribution < -0.4 is 16.0 Å². The summed E-state index contributed by atoms with van der Waals surface area (Å²) < 4.78 is 45.2. The summed E-state index contributed by atoms with van der Waals surface area (Å²) in [5.74, 6) is 0.0871. The smallest absolute Gasteiger partial charge is 0.422 e. The van der Waals surface area contributed by atoms with Crippen molar-refractivity contribution in [2.75, 3.05) is 6.61 Å². The van der Waals surface area contributed by atoms with Crippen LogP contribution in [0.1, 0.15) is 29.4 Å². The molecule has 0 spiro atoms. The van der Waals surface area contributed by atoms with E-state index in [1.807, 2.05) is 6.07 Å². The molecule has 1 fully saturated rings. The van der Waals surface area contributed by atoms with Gasteiger partial charge in [-0.1, -0.05) is 0 Å². The number of nitrogens with zero attached hydrogens (tertiary/aromatic N) is 4. The number of alkyl halides is 3. The van der Waals surface area contributed by atoms with E-state index in [1.165, 1.54) is 6.20 Å². The number of imidazole rings is 1. The lowest BCUT2D eigenvalue weighted by atomic mass is 10.0. The first-order valence-corrected chi connectivity index (χ1v) is 11.0. The molecule has 36 heavy (non-hydrogen) atoms. The van der Waals surface area contributed by atoms with Crippen molar-refractivity contribution in [1.29, 1.82) is 0 Å². The van der Waals surface area contributed by atoms with Crippen molar-refractivity contribution in [3.63, 3.8) is 0 Å². The van der Waals surface area contributed by atoms with Crippen molar-refractivity contribution in [2.24, 2.45) is 0 Å². The molecule has 1 aliphatic rings. The first-order valence-electron chi connectivity index (χ1n) is 11.0. The summed E-state index contributed by atoms with van der Waals surface area (Å²) in [6.45, 7) is -1.40. The van der Waals surface area contributed by atoms with Gasteiger partial charge >= 0.3 is 11.9 Å². The van der Waals surface area contributed by atoms with E-state index in [4.69, 9.17) is 4.74 Å². The van der Waals surface area contributed by atoms with E-state index in [2.05, 4.69) is 25.0 Å². The molecule has 0 saturated heterocycles. The van der Waals surface area contributed by atoms with Gasteiger partial charge in [0, 0.05) is 35.7 Å². The Kier molecular flexibility index (Phi) is 4.92. The van der Waals surface area contributed by atoms with Crippen molar-refractivity contribution in [3.05, 3.63) is 87.1 Å². The monoisotopic (exact) mass is 494 g/mol. The highest BCUT2D eigenvalue weighted by molar-refractivity contribution is 5.86. The average Bonchev–Trinajstić information content (AvgIpc) is 3.49. The molecular weight excluding hydrogens is 477 g/mol. The summed E-state index contributed by atoms with van der Waals surface area (Å²) in [5, 5.41) is 4.94. The van der Waals surface area contributed by atoms with Crippen LogP contribution in [-0.2, 0) is 0 Å². The molecule has 5 aromatic rings. The van der Waals surface area contributed by atoms with Crippen LogP contribution in [0.25, 0.3) is 27.8 Å². The Balaban J connectivity index is 1.40. The van der Waals surface area contributed by atoms with Crippen LogP contribution in [0, 0.1) is 0 Å². The van der Waals surface area contributed by atoms with Crippen molar-refractivity contribution < 1.29 is 17.9 Å². The third-order valence-electron chi connectivity index (χ3n) is 6.20. The average molecular weight is 494 g/mol. The second-order valence-electron chi connectivity index (χ2n) is 8.61. The second kappa shape index (κ2) is 8.04. The van der Waals surface area contributed by atoms with Gasteiger partial charge in [-0.25, -0.2) is 14.3 Å². The Morgan fingerprint density at radius 1 is 1.11 bits per heavy atom. The second-order valence-corrected chi connectivity index (χ2v) is 8.61. The Morgan fingerprint density at radius 2 is 1.97 bits per heavy atom. The number of hydrogen-bond donors (Lipinski definition) is 2. The van der Waals surface area contributed by atoms with E-state index in [1.54, 1.807) is 47.4 Å². The van der Waals surface area contributed by atoms with E-state index in [0.29, 0.717) is 28.7 Å². The Bertz CT molecular complexity index is 1740. The van der Waals surface area contributed by atoms with Crippen molar-refractivity contribution >= 4 is 16.6 Å². The highest BCUT2D eigenvalue weighted by atomic mass is 19.4. The SMILES string of the molecule is O=c1[nH]cc(-c2cc([C@H]3C[C@@H]3c3cc(OCC(F)(F)F)c4cccnc4c3)c3nccn3n2)c(=O)[nH]1. The van der Waals surface area contributed by atoms with Crippen LogP contribution in [0.2, 0.25) is 0 Å². The predicted molar refractivity (Wildman–Crippen MR) is 123 cm³/mol. The van der Waals surface area contributed by atoms with Gasteiger partial charge in [0.15, 0.2) is 12.3 Å². The number of ether oxygens (including phenoxy) is 1. The molecule has 1 aliphatic carbocycles. The molecule has 12 heteroatoms. The molecular formula is C24H17F3N6O3. The summed E-state index contributed by atoms with van der Waals surface area (Å²) in [6, 6.07) is 8.58. The third kappa shape index (κ3) is 4.00. The molecule has 9 nitrogen and oxygen atoms in total. The van der Waals surface area contributed by atoms with Gasteiger partial charge in [0.05, 0.1) is 16.8 Å². The van der Waals surface area contributed by atoms with Gasteiger partial charge in [-0.05, 0) is 54.2 Å². The Labute approximate surface area is 199 Å². The summed E-state index contributed by atoms with van der Waals surface area (Å²) in [5.41, 5.74) is 2.14. The van der Waals surface area contributed by atoms with Crippen LogP contribution in [0.15, 0.2) is 64.7 Å². The first kappa shape index (κ1) is 22.0. The molecule has 2 atom stereocenters. The molecule has 1 aromatic carbocycles. The van der Waals surface area contributed by atoms with Gasteiger partial charge in [-0.15, -0.1) is 0 Å². The zero-order chi connectivity index (χ0) is 25.0. The number of H-pyrrole nitrogens is 2. The van der Waals surface area contributed by atoms with Crippen molar-refractivity contribution in [3.8, 4) is 17.0 Å². The molecule has 1 saturated carbocycles. The number of aromatic nitrogens is 6. The van der Waals surface area contributed by atoms with Crippen LogP contribution in [0.3, 0.4) is 0 Å². The standard InChI is InChI=1S/C24H17F3N6O3/c25-24(26,27)11-36-20-7-12(6-18-13(20)2-1-3-28-18)14-8-15(14)16-9-19(32-33-5-4-29-21(16)33)17-10-30-23(35)31-22(17)34/h1-7,9-10,14-15H,8,11H2,(H2,30,31,34,35)/t14-,15+/m1/s1. The minimum atomic E-state index is -4.47. The van der Waals surface area contributed by atoms with Gasteiger partial charge in [0.2, 0.25) is 0 Å². The number of hydrogen-bond acceptors (Lipinski definition) is 6. The fourth-order valence-corrected chi connectivity index (χ4v) is 4.52. The van der Waals surface area contributed by atoms with Gasteiger partial charge in [-0.2, -0.15) is 18.3 Å². The number of halogens is 3. The van der Waals surface area contributed by atoms with Gasteiger partial charge in [0.1, 0.15) is 5.75 Å². The Morgan fingerprint density at radius 3 is 2.78 bits per heavy atom. The first-order chi connectivity index (χ1) is 17.3. The fraction of sp³-hybridized carbons (Fsp3) is 0.208. The maximum atomic E-state index is 12.8. The maximum Gasteiger partial charge on any atom is 0.422 e. The van der Waals surface area contributed by atoms with E-state index >= 15 is 0 Å². The van der Waals surface area contributed by atoms with Crippen LogP contribution in [0.5, 0.6) is 5.75 Å². The topological polar surface area (TPSA) is 118 Å². The van der Waals surface area contributed by atoms with E-state index in [9.17, 15) is 22.8 Å². The molecule has 6 rings (SSSR count). The fourth-order valence-electron chi connectivity index (χ4n) is 4.52. The number of pyridine rings is 1. The lowest BCUT2D eigenvalue weighted by Crippen LogP contribution is -2.23. The van der Waals surface area contributed by atoms with E-state index in [-0.39, 0.29) is 23.1 Å². The number of nitrogens with one attached hydrogen (secondary N) is 2. The summed E-state index contributed by atoms with van der Waals surface area (Å²) in [7, 11) is 0. The van der Waals surface area contributed by atoms with Gasteiger partial charge in [0.25, 0.3) is 5.56 Å². The molecule has 0 radical (unpaired) electrons.